The van der Waals surface area contributed by atoms with E-state index in [-0.39, 0.29) is 11.4 Å². The van der Waals surface area contributed by atoms with E-state index < -0.39 is 18.6 Å². The van der Waals surface area contributed by atoms with Crippen LogP contribution in [0.5, 0.6) is 5.75 Å². The first-order valence-corrected chi connectivity index (χ1v) is 11.4. The van der Waals surface area contributed by atoms with E-state index in [2.05, 4.69) is 21.9 Å². The van der Waals surface area contributed by atoms with Gasteiger partial charge in [0.25, 0.3) is 0 Å². The summed E-state index contributed by atoms with van der Waals surface area (Å²) >= 11 is 0. The lowest BCUT2D eigenvalue weighted by atomic mass is 10.0. The highest BCUT2D eigenvalue weighted by Gasteiger charge is 2.29. The van der Waals surface area contributed by atoms with Crippen LogP contribution in [0.3, 0.4) is 0 Å². The molecule has 2 aromatic carbocycles. The minimum atomic E-state index is -4.49. The fourth-order valence-electron chi connectivity index (χ4n) is 3.99. The maximum Gasteiger partial charge on any atom is 0.422 e. The molecule has 0 saturated heterocycles. The van der Waals surface area contributed by atoms with Gasteiger partial charge in [-0.15, -0.1) is 0 Å². The molecular weight excluding hydrogens is 470 g/mol. The number of aryl methyl sites for hydroxylation is 2. The molecule has 0 radical (unpaired) electrons. The van der Waals surface area contributed by atoms with Crippen LogP contribution < -0.4 is 10.1 Å². The zero-order valence-electron chi connectivity index (χ0n) is 19.9. The SMILES string of the molecule is C=C(NCCc1cc(C)c(OCC(F)(F)F)c(-c2ccc(F)cc2)n1)c1cc(C)c2ncccc2c1. The molecule has 0 spiro atoms. The van der Waals surface area contributed by atoms with Crippen molar-refractivity contribution in [3.8, 4) is 17.0 Å². The number of rotatable bonds is 8. The second-order valence-electron chi connectivity index (χ2n) is 8.54. The van der Waals surface area contributed by atoms with Crippen molar-refractivity contribution in [1.29, 1.82) is 0 Å². The minimum absolute atomic E-state index is 0.0281. The van der Waals surface area contributed by atoms with E-state index in [4.69, 9.17) is 4.74 Å². The van der Waals surface area contributed by atoms with Gasteiger partial charge in [0.15, 0.2) is 6.61 Å². The highest BCUT2D eigenvalue weighted by molar-refractivity contribution is 5.85. The summed E-state index contributed by atoms with van der Waals surface area (Å²) in [5.74, 6) is -0.424. The summed E-state index contributed by atoms with van der Waals surface area (Å²) in [7, 11) is 0. The second-order valence-corrected chi connectivity index (χ2v) is 8.54. The van der Waals surface area contributed by atoms with Gasteiger partial charge in [-0.3, -0.25) is 4.98 Å². The number of aromatic nitrogens is 2. The molecule has 4 rings (SSSR count). The average molecular weight is 496 g/mol. The molecule has 0 bridgehead atoms. The predicted octanol–water partition coefficient (Wildman–Crippen LogP) is 6.80. The van der Waals surface area contributed by atoms with Crippen LogP contribution >= 0.6 is 0 Å². The Morgan fingerprint density at radius 1 is 1.03 bits per heavy atom. The van der Waals surface area contributed by atoms with Crippen molar-refractivity contribution < 1.29 is 22.3 Å². The van der Waals surface area contributed by atoms with Crippen LogP contribution in [0.1, 0.15) is 22.4 Å². The van der Waals surface area contributed by atoms with E-state index in [1.807, 2.05) is 31.2 Å². The van der Waals surface area contributed by atoms with Crippen molar-refractivity contribution in [3.05, 3.63) is 95.6 Å². The van der Waals surface area contributed by atoms with Crippen LogP contribution in [0.25, 0.3) is 27.9 Å². The maximum atomic E-state index is 13.4. The minimum Gasteiger partial charge on any atom is -0.482 e. The van der Waals surface area contributed by atoms with E-state index in [0.29, 0.717) is 29.8 Å². The van der Waals surface area contributed by atoms with Gasteiger partial charge in [-0.05, 0) is 79.1 Å². The highest BCUT2D eigenvalue weighted by atomic mass is 19.4. The lowest BCUT2D eigenvalue weighted by molar-refractivity contribution is -0.153. The number of fused-ring (bicyclic) bond motifs is 1. The zero-order chi connectivity index (χ0) is 25.9. The van der Waals surface area contributed by atoms with Crippen molar-refractivity contribution in [2.24, 2.45) is 0 Å². The van der Waals surface area contributed by atoms with Crippen molar-refractivity contribution in [2.45, 2.75) is 26.4 Å². The molecule has 0 atom stereocenters. The molecule has 4 aromatic rings. The number of nitrogens with zero attached hydrogens (tertiary/aromatic N) is 2. The normalized spacial score (nSPS) is 11.5. The summed E-state index contributed by atoms with van der Waals surface area (Å²) in [6.45, 7) is 6.87. The smallest absolute Gasteiger partial charge is 0.422 e. The highest BCUT2D eigenvalue weighted by Crippen LogP contribution is 2.33. The number of halogens is 4. The third-order valence-corrected chi connectivity index (χ3v) is 5.67. The van der Waals surface area contributed by atoms with Gasteiger partial charge in [0.1, 0.15) is 17.3 Å². The molecule has 8 heteroatoms. The number of hydrogen-bond acceptors (Lipinski definition) is 4. The van der Waals surface area contributed by atoms with Crippen LogP contribution in [0.4, 0.5) is 17.6 Å². The molecule has 0 fully saturated rings. The largest absolute Gasteiger partial charge is 0.482 e. The monoisotopic (exact) mass is 495 g/mol. The standard InChI is InChI=1S/C28H25F4N3O/c1-17-13-22(15-21-5-4-11-34-25(17)21)19(3)33-12-10-24-14-18(2)27(36-16-28(30,31)32)26(35-24)20-6-8-23(29)9-7-20/h4-9,11,13-15,33H,3,10,12,16H2,1-2H3. The molecule has 186 valence electrons. The molecule has 1 N–H and O–H groups in total. The average Bonchev–Trinajstić information content (AvgIpc) is 2.83. The van der Waals surface area contributed by atoms with Gasteiger partial charge in [0.05, 0.1) is 5.52 Å². The number of benzene rings is 2. The number of ether oxygens (including phenoxy) is 1. The fourth-order valence-corrected chi connectivity index (χ4v) is 3.99. The first-order valence-electron chi connectivity index (χ1n) is 11.4. The molecule has 0 amide bonds. The zero-order valence-corrected chi connectivity index (χ0v) is 19.9. The molecule has 0 aliphatic carbocycles. The Hall–Kier alpha value is -3.94. The van der Waals surface area contributed by atoms with Crippen molar-refractivity contribution >= 4 is 16.6 Å². The molecule has 0 aliphatic rings. The molecule has 36 heavy (non-hydrogen) atoms. The summed E-state index contributed by atoms with van der Waals surface area (Å²) in [4.78, 5) is 8.98. The lowest BCUT2D eigenvalue weighted by Crippen LogP contribution is -2.20. The van der Waals surface area contributed by atoms with Crippen molar-refractivity contribution in [3.63, 3.8) is 0 Å². The molecule has 4 nitrogen and oxygen atoms in total. The van der Waals surface area contributed by atoms with Gasteiger partial charge < -0.3 is 10.1 Å². The van der Waals surface area contributed by atoms with Gasteiger partial charge in [0, 0.05) is 41.5 Å². The summed E-state index contributed by atoms with van der Waals surface area (Å²) < 4.78 is 57.0. The molecule has 0 unspecified atom stereocenters. The van der Waals surface area contributed by atoms with Crippen molar-refractivity contribution in [2.75, 3.05) is 13.2 Å². The van der Waals surface area contributed by atoms with Gasteiger partial charge >= 0.3 is 6.18 Å². The van der Waals surface area contributed by atoms with E-state index in [0.717, 1.165) is 27.7 Å². The van der Waals surface area contributed by atoms with Gasteiger partial charge in [0.2, 0.25) is 0 Å². The summed E-state index contributed by atoms with van der Waals surface area (Å²) in [6.07, 6.45) is -2.24. The molecule has 0 saturated carbocycles. The number of pyridine rings is 2. The Bertz CT molecular complexity index is 1400. The first kappa shape index (κ1) is 25.2. The quantitative estimate of drug-likeness (QED) is 0.273. The molecular formula is C28H25F4N3O. The number of alkyl halides is 3. The Morgan fingerprint density at radius 2 is 1.78 bits per heavy atom. The third-order valence-electron chi connectivity index (χ3n) is 5.67. The van der Waals surface area contributed by atoms with Crippen molar-refractivity contribution in [1.82, 2.24) is 15.3 Å². The summed E-state index contributed by atoms with van der Waals surface area (Å²) in [6, 6.07) is 15.0. The Morgan fingerprint density at radius 3 is 2.50 bits per heavy atom. The van der Waals surface area contributed by atoms with Crippen LogP contribution in [0, 0.1) is 19.7 Å². The van der Waals surface area contributed by atoms with Gasteiger partial charge in [-0.1, -0.05) is 12.6 Å². The fraction of sp³-hybridized carbons (Fsp3) is 0.214. The van der Waals surface area contributed by atoms with Crippen LogP contribution in [-0.2, 0) is 6.42 Å². The van der Waals surface area contributed by atoms with E-state index >= 15 is 0 Å². The van der Waals surface area contributed by atoms with Gasteiger partial charge in [-0.2, -0.15) is 13.2 Å². The Labute approximate surface area is 206 Å². The number of hydrogen-bond donors (Lipinski definition) is 1. The Balaban J connectivity index is 1.53. The van der Waals surface area contributed by atoms with Crippen LogP contribution in [-0.4, -0.2) is 29.3 Å². The van der Waals surface area contributed by atoms with E-state index in [1.165, 1.54) is 24.3 Å². The second kappa shape index (κ2) is 10.4. The molecule has 2 heterocycles. The topological polar surface area (TPSA) is 47.0 Å². The number of nitrogens with one attached hydrogen (secondary N) is 1. The van der Waals surface area contributed by atoms with E-state index in [1.54, 1.807) is 19.2 Å². The van der Waals surface area contributed by atoms with Crippen LogP contribution in [0.15, 0.2) is 67.4 Å². The Kier molecular flexibility index (Phi) is 7.24. The first-order chi connectivity index (χ1) is 17.1. The molecule has 2 aromatic heterocycles. The van der Waals surface area contributed by atoms with E-state index in [9.17, 15) is 17.6 Å². The third kappa shape index (κ3) is 6.00. The summed E-state index contributed by atoms with van der Waals surface area (Å²) in [5.41, 5.74) is 5.55. The van der Waals surface area contributed by atoms with Crippen LogP contribution in [0.2, 0.25) is 0 Å². The maximum absolute atomic E-state index is 13.4. The lowest BCUT2D eigenvalue weighted by Gasteiger charge is -2.17. The summed E-state index contributed by atoms with van der Waals surface area (Å²) in [5, 5.41) is 4.32. The van der Waals surface area contributed by atoms with Gasteiger partial charge in [-0.25, -0.2) is 9.37 Å². The molecule has 0 aliphatic heterocycles. The predicted molar refractivity (Wildman–Crippen MR) is 133 cm³/mol.